The molecule has 1 saturated heterocycles. The van der Waals surface area contributed by atoms with Gasteiger partial charge in [0, 0.05) is 32.7 Å². The molecule has 1 aromatic rings. The number of nitrogens with one attached hydrogen (secondary N) is 1. The molecule has 0 saturated carbocycles. The lowest BCUT2D eigenvalue weighted by Gasteiger charge is -2.34. The van der Waals surface area contributed by atoms with E-state index in [9.17, 15) is 8.42 Å². The van der Waals surface area contributed by atoms with Crippen LogP contribution in [0.15, 0.2) is 6.20 Å². The molecule has 2 rings (SSSR count). The highest BCUT2D eigenvalue weighted by molar-refractivity contribution is 7.88. The van der Waals surface area contributed by atoms with Gasteiger partial charge >= 0.3 is 0 Å². The van der Waals surface area contributed by atoms with Gasteiger partial charge in [0.2, 0.25) is 16.0 Å². The van der Waals surface area contributed by atoms with E-state index in [2.05, 4.69) is 22.2 Å². The van der Waals surface area contributed by atoms with Gasteiger partial charge in [0.25, 0.3) is 0 Å². The Bertz CT molecular complexity index is 587. The first kappa shape index (κ1) is 16.3. The minimum atomic E-state index is -3.13. The van der Waals surface area contributed by atoms with Crippen LogP contribution < -0.4 is 10.2 Å². The molecule has 1 fully saturated rings. The van der Waals surface area contributed by atoms with Crippen molar-refractivity contribution in [3.05, 3.63) is 11.2 Å². The highest BCUT2D eigenvalue weighted by atomic mass is 35.5. The quantitative estimate of drug-likeness (QED) is 0.867. The normalized spacial score (nSPS) is 17.0. The molecule has 9 heteroatoms. The standard InChI is InChI=1S/C12H20ClN5O2S/c1-3-4-14-12-15-9-10(13)11(16-12)17-5-7-18(8-6-17)21(2,19)20/h9H,3-8H2,1-2H3,(H,14,15,16). The number of piperazine rings is 1. The summed E-state index contributed by atoms with van der Waals surface area (Å²) in [4.78, 5) is 10.6. The molecule has 0 spiro atoms. The molecule has 1 N–H and O–H groups in total. The second-order valence-corrected chi connectivity index (χ2v) is 7.33. The van der Waals surface area contributed by atoms with Gasteiger partial charge in [-0.1, -0.05) is 18.5 Å². The molecule has 7 nitrogen and oxygen atoms in total. The summed E-state index contributed by atoms with van der Waals surface area (Å²) in [5.41, 5.74) is 0. The summed E-state index contributed by atoms with van der Waals surface area (Å²) >= 11 is 6.16. The lowest BCUT2D eigenvalue weighted by atomic mass is 10.3. The molecule has 1 aliphatic heterocycles. The van der Waals surface area contributed by atoms with Gasteiger partial charge in [-0.2, -0.15) is 9.29 Å². The third-order valence-electron chi connectivity index (χ3n) is 3.27. The van der Waals surface area contributed by atoms with Crippen LogP contribution in [-0.4, -0.2) is 61.7 Å². The van der Waals surface area contributed by atoms with Gasteiger partial charge in [-0.15, -0.1) is 0 Å². The van der Waals surface area contributed by atoms with Crippen LogP contribution in [0.4, 0.5) is 11.8 Å². The molecule has 0 aliphatic carbocycles. The van der Waals surface area contributed by atoms with Gasteiger partial charge in [0.05, 0.1) is 12.5 Å². The van der Waals surface area contributed by atoms with E-state index in [0.29, 0.717) is 43.0 Å². The van der Waals surface area contributed by atoms with Crippen molar-refractivity contribution in [3.63, 3.8) is 0 Å². The molecule has 0 bridgehead atoms. The van der Waals surface area contributed by atoms with Crippen molar-refractivity contribution in [3.8, 4) is 0 Å². The maximum atomic E-state index is 11.5. The summed E-state index contributed by atoms with van der Waals surface area (Å²) in [5.74, 6) is 1.19. The van der Waals surface area contributed by atoms with Crippen molar-refractivity contribution in [1.29, 1.82) is 0 Å². The Labute approximate surface area is 130 Å². The van der Waals surface area contributed by atoms with Gasteiger partial charge in [-0.3, -0.25) is 0 Å². The number of nitrogens with zero attached hydrogens (tertiary/aromatic N) is 4. The number of sulfonamides is 1. The molecule has 118 valence electrons. The van der Waals surface area contributed by atoms with Gasteiger partial charge in [-0.05, 0) is 6.42 Å². The van der Waals surface area contributed by atoms with Gasteiger partial charge in [0.15, 0.2) is 5.82 Å². The number of rotatable bonds is 5. The topological polar surface area (TPSA) is 78.4 Å². The Morgan fingerprint density at radius 3 is 2.57 bits per heavy atom. The van der Waals surface area contributed by atoms with Crippen LogP contribution in [-0.2, 0) is 10.0 Å². The monoisotopic (exact) mass is 333 g/mol. The lowest BCUT2D eigenvalue weighted by molar-refractivity contribution is 0.387. The van der Waals surface area contributed by atoms with E-state index in [1.54, 1.807) is 6.20 Å². The van der Waals surface area contributed by atoms with E-state index in [0.717, 1.165) is 13.0 Å². The van der Waals surface area contributed by atoms with Crippen LogP contribution in [0.2, 0.25) is 5.02 Å². The SMILES string of the molecule is CCCNc1ncc(Cl)c(N2CCN(S(C)(=O)=O)CC2)n1. The van der Waals surface area contributed by atoms with Crippen molar-refractivity contribution in [2.75, 3.05) is 49.2 Å². The van der Waals surface area contributed by atoms with E-state index in [-0.39, 0.29) is 0 Å². The number of aromatic nitrogens is 2. The van der Waals surface area contributed by atoms with Crippen LogP contribution >= 0.6 is 11.6 Å². The summed E-state index contributed by atoms with van der Waals surface area (Å²) in [6.45, 7) is 4.87. The predicted molar refractivity (Wildman–Crippen MR) is 84.5 cm³/mol. The number of hydrogen-bond donors (Lipinski definition) is 1. The van der Waals surface area contributed by atoms with E-state index in [1.807, 2.05) is 4.90 Å². The first-order chi connectivity index (χ1) is 9.91. The Hall–Kier alpha value is -1.12. The zero-order valence-electron chi connectivity index (χ0n) is 12.2. The van der Waals surface area contributed by atoms with Crippen LogP contribution in [0.3, 0.4) is 0 Å². The van der Waals surface area contributed by atoms with Crippen molar-refractivity contribution >= 4 is 33.4 Å². The summed E-state index contributed by atoms with van der Waals surface area (Å²) < 4.78 is 24.5. The average molecular weight is 334 g/mol. The maximum Gasteiger partial charge on any atom is 0.224 e. The Kier molecular flexibility index (Phi) is 5.23. The second kappa shape index (κ2) is 6.76. The molecule has 1 aromatic heterocycles. The smallest absolute Gasteiger partial charge is 0.224 e. The molecule has 0 atom stereocenters. The van der Waals surface area contributed by atoms with Crippen LogP contribution in [0.1, 0.15) is 13.3 Å². The molecular formula is C12H20ClN5O2S. The zero-order valence-corrected chi connectivity index (χ0v) is 13.8. The summed E-state index contributed by atoms with van der Waals surface area (Å²) in [6, 6.07) is 0. The molecule has 0 aromatic carbocycles. The molecule has 0 radical (unpaired) electrons. The van der Waals surface area contributed by atoms with E-state index in [1.165, 1.54) is 10.6 Å². The molecular weight excluding hydrogens is 314 g/mol. The second-order valence-electron chi connectivity index (χ2n) is 4.94. The number of anilines is 2. The Balaban J connectivity index is 2.09. The molecule has 0 unspecified atom stereocenters. The summed E-state index contributed by atoms with van der Waals surface area (Å²) in [5, 5.41) is 3.60. The van der Waals surface area contributed by atoms with Crippen molar-refractivity contribution < 1.29 is 8.42 Å². The highest BCUT2D eigenvalue weighted by Crippen LogP contribution is 2.25. The number of halogens is 1. The first-order valence-electron chi connectivity index (χ1n) is 6.88. The third-order valence-corrected chi connectivity index (χ3v) is 4.84. The molecule has 0 amide bonds. The average Bonchev–Trinajstić information content (AvgIpc) is 2.46. The predicted octanol–water partition coefficient (Wildman–Crippen LogP) is 1.03. The maximum absolute atomic E-state index is 11.5. The highest BCUT2D eigenvalue weighted by Gasteiger charge is 2.25. The Morgan fingerprint density at radius 2 is 2.00 bits per heavy atom. The first-order valence-corrected chi connectivity index (χ1v) is 9.11. The van der Waals surface area contributed by atoms with E-state index in [4.69, 9.17) is 11.6 Å². The van der Waals surface area contributed by atoms with Crippen molar-refractivity contribution in [2.24, 2.45) is 0 Å². The fraction of sp³-hybridized carbons (Fsp3) is 0.667. The van der Waals surface area contributed by atoms with Gasteiger partial charge < -0.3 is 10.2 Å². The van der Waals surface area contributed by atoms with Gasteiger partial charge in [-0.25, -0.2) is 13.4 Å². The van der Waals surface area contributed by atoms with Crippen LogP contribution in [0, 0.1) is 0 Å². The van der Waals surface area contributed by atoms with E-state index < -0.39 is 10.0 Å². The molecule has 21 heavy (non-hydrogen) atoms. The largest absolute Gasteiger partial charge is 0.354 e. The lowest BCUT2D eigenvalue weighted by Crippen LogP contribution is -2.48. The minimum absolute atomic E-state index is 0.441. The van der Waals surface area contributed by atoms with Crippen LogP contribution in [0.25, 0.3) is 0 Å². The fourth-order valence-corrected chi connectivity index (χ4v) is 3.17. The minimum Gasteiger partial charge on any atom is -0.354 e. The molecule has 1 aliphatic rings. The van der Waals surface area contributed by atoms with Gasteiger partial charge in [0.1, 0.15) is 5.02 Å². The summed E-state index contributed by atoms with van der Waals surface area (Å²) in [6.07, 6.45) is 3.78. The van der Waals surface area contributed by atoms with E-state index >= 15 is 0 Å². The fourth-order valence-electron chi connectivity index (χ4n) is 2.13. The van der Waals surface area contributed by atoms with Crippen LogP contribution in [0.5, 0.6) is 0 Å². The van der Waals surface area contributed by atoms with Crippen molar-refractivity contribution in [2.45, 2.75) is 13.3 Å². The number of hydrogen-bond acceptors (Lipinski definition) is 6. The van der Waals surface area contributed by atoms with Crippen molar-refractivity contribution in [1.82, 2.24) is 14.3 Å². The zero-order chi connectivity index (χ0) is 15.5. The summed E-state index contributed by atoms with van der Waals surface area (Å²) in [7, 11) is -3.13. The Morgan fingerprint density at radius 1 is 1.33 bits per heavy atom. The third kappa shape index (κ3) is 4.18. The molecule has 2 heterocycles.